The predicted octanol–water partition coefficient (Wildman–Crippen LogP) is 2.45. The molecule has 1 heterocycles. The van der Waals surface area contributed by atoms with Gasteiger partial charge in [0.05, 0.1) is 5.75 Å². The zero-order valence-electron chi connectivity index (χ0n) is 9.97. The normalized spacial score (nSPS) is 17.6. The van der Waals surface area contributed by atoms with Gasteiger partial charge in [0.15, 0.2) is 0 Å². The smallest absolute Gasteiger partial charge is 0.237 e. The molecule has 0 amide bonds. The van der Waals surface area contributed by atoms with Crippen molar-refractivity contribution in [1.82, 2.24) is 9.97 Å². The molecule has 2 rings (SSSR count). The minimum atomic E-state index is -3.38. The van der Waals surface area contributed by atoms with Crippen molar-refractivity contribution in [3.63, 3.8) is 0 Å². The first-order valence-electron chi connectivity index (χ1n) is 6.04. The fourth-order valence-corrected chi connectivity index (χ4v) is 3.78. The number of anilines is 1. The van der Waals surface area contributed by atoms with Gasteiger partial charge in [0.1, 0.15) is 5.15 Å². The number of sulfonamides is 1. The summed E-state index contributed by atoms with van der Waals surface area (Å²) in [6, 6.07) is 1.50. The summed E-state index contributed by atoms with van der Waals surface area (Å²) < 4.78 is 26.3. The first-order chi connectivity index (χ1) is 8.55. The monoisotopic (exact) mass is 289 g/mol. The molecule has 0 aromatic carbocycles. The molecule has 0 unspecified atom stereocenters. The van der Waals surface area contributed by atoms with Gasteiger partial charge in [-0.2, -0.15) is 0 Å². The van der Waals surface area contributed by atoms with E-state index < -0.39 is 10.0 Å². The van der Waals surface area contributed by atoms with Gasteiger partial charge in [0.25, 0.3) is 0 Å². The van der Waals surface area contributed by atoms with Crippen molar-refractivity contribution >= 4 is 27.6 Å². The minimum Gasteiger partial charge on any atom is -0.251 e. The van der Waals surface area contributed by atoms with Crippen LogP contribution < -0.4 is 4.72 Å². The Morgan fingerprint density at radius 2 is 2.06 bits per heavy atom. The van der Waals surface area contributed by atoms with E-state index in [2.05, 4.69) is 14.7 Å². The van der Waals surface area contributed by atoms with Gasteiger partial charge in [-0.15, -0.1) is 0 Å². The molecule has 0 spiro atoms. The average Bonchev–Trinajstić information content (AvgIpc) is 2.28. The van der Waals surface area contributed by atoms with Gasteiger partial charge < -0.3 is 0 Å². The van der Waals surface area contributed by atoms with Crippen LogP contribution in [-0.2, 0) is 10.0 Å². The highest BCUT2D eigenvalue weighted by Crippen LogP contribution is 2.25. The third kappa shape index (κ3) is 4.10. The van der Waals surface area contributed by atoms with Gasteiger partial charge in [0, 0.05) is 6.20 Å². The van der Waals surface area contributed by atoms with Crippen molar-refractivity contribution < 1.29 is 8.42 Å². The Kier molecular flexibility index (Phi) is 4.40. The summed E-state index contributed by atoms with van der Waals surface area (Å²) in [5.41, 5.74) is 0. The van der Waals surface area contributed by atoms with Crippen LogP contribution in [0.3, 0.4) is 0 Å². The molecule has 1 fully saturated rings. The van der Waals surface area contributed by atoms with Crippen molar-refractivity contribution in [2.75, 3.05) is 10.5 Å². The summed E-state index contributed by atoms with van der Waals surface area (Å²) in [7, 11) is -3.38. The van der Waals surface area contributed by atoms with Crippen molar-refractivity contribution in [3.05, 3.63) is 17.4 Å². The summed E-state index contributed by atoms with van der Waals surface area (Å²) >= 11 is 5.68. The van der Waals surface area contributed by atoms with E-state index in [9.17, 15) is 8.42 Å². The van der Waals surface area contributed by atoms with Crippen LogP contribution in [0.2, 0.25) is 5.15 Å². The van der Waals surface area contributed by atoms with Crippen molar-refractivity contribution in [3.8, 4) is 0 Å². The Balaban J connectivity index is 1.98. The van der Waals surface area contributed by atoms with Crippen molar-refractivity contribution in [2.24, 2.45) is 5.92 Å². The molecule has 5 nitrogen and oxygen atoms in total. The summed E-state index contributed by atoms with van der Waals surface area (Å²) in [4.78, 5) is 7.65. The van der Waals surface area contributed by atoms with Crippen LogP contribution in [0, 0.1) is 5.92 Å². The molecule has 0 aliphatic heterocycles. The first-order valence-corrected chi connectivity index (χ1v) is 8.07. The highest BCUT2D eigenvalue weighted by Gasteiger charge is 2.21. The molecule has 7 heteroatoms. The Morgan fingerprint density at radius 3 is 2.72 bits per heavy atom. The van der Waals surface area contributed by atoms with Crippen molar-refractivity contribution in [2.45, 2.75) is 32.1 Å². The molecule has 0 atom stereocenters. The minimum absolute atomic E-state index is 0.0401. The molecule has 1 N–H and O–H groups in total. The lowest BCUT2D eigenvalue weighted by molar-refractivity contribution is 0.385. The van der Waals surface area contributed by atoms with E-state index >= 15 is 0 Å². The molecular weight excluding hydrogens is 274 g/mol. The zero-order valence-corrected chi connectivity index (χ0v) is 11.5. The van der Waals surface area contributed by atoms with Gasteiger partial charge in [-0.05, 0) is 24.8 Å². The van der Waals surface area contributed by atoms with E-state index in [4.69, 9.17) is 11.6 Å². The molecule has 1 aromatic heterocycles. The van der Waals surface area contributed by atoms with Crippen LogP contribution in [-0.4, -0.2) is 24.1 Å². The number of rotatable bonds is 4. The molecule has 100 valence electrons. The van der Waals surface area contributed by atoms with Crippen LogP contribution in [0.25, 0.3) is 0 Å². The Hall–Kier alpha value is -0.880. The Bertz CT molecular complexity index is 501. The van der Waals surface area contributed by atoms with E-state index in [0.29, 0.717) is 0 Å². The van der Waals surface area contributed by atoms with Gasteiger partial charge in [-0.3, -0.25) is 4.72 Å². The lowest BCUT2D eigenvalue weighted by Gasteiger charge is -2.21. The lowest BCUT2D eigenvalue weighted by atomic mass is 9.91. The van der Waals surface area contributed by atoms with Crippen LogP contribution in [0.5, 0.6) is 0 Å². The highest BCUT2D eigenvalue weighted by molar-refractivity contribution is 7.92. The number of nitrogens with zero attached hydrogens (tertiary/aromatic N) is 2. The molecule has 0 saturated heterocycles. The first kappa shape index (κ1) is 13.5. The van der Waals surface area contributed by atoms with Crippen molar-refractivity contribution in [1.29, 1.82) is 0 Å². The van der Waals surface area contributed by atoms with Crippen LogP contribution in [0.4, 0.5) is 5.95 Å². The summed E-state index contributed by atoms with van der Waals surface area (Å²) in [6.45, 7) is 0. The zero-order chi connectivity index (χ0) is 13.0. The van der Waals surface area contributed by atoms with Gasteiger partial charge >= 0.3 is 0 Å². The quantitative estimate of drug-likeness (QED) is 0.864. The molecule has 0 radical (unpaired) electrons. The molecular formula is C11H16ClN3O2S. The van der Waals surface area contributed by atoms with Crippen LogP contribution in [0.15, 0.2) is 12.3 Å². The van der Waals surface area contributed by atoms with Gasteiger partial charge in [0.2, 0.25) is 16.0 Å². The standard InChI is InChI=1S/C11H16ClN3O2S/c12-10-6-7-13-11(14-10)15-18(16,17)8-9-4-2-1-3-5-9/h6-7,9H,1-5,8H2,(H,13,14,15). The van der Waals surface area contributed by atoms with E-state index in [0.717, 1.165) is 25.7 Å². The van der Waals surface area contributed by atoms with E-state index in [-0.39, 0.29) is 22.8 Å². The second-order valence-electron chi connectivity index (χ2n) is 4.59. The average molecular weight is 290 g/mol. The fraction of sp³-hybridized carbons (Fsp3) is 0.636. The van der Waals surface area contributed by atoms with Gasteiger partial charge in [-0.25, -0.2) is 18.4 Å². The second kappa shape index (κ2) is 5.84. The van der Waals surface area contributed by atoms with E-state index in [1.54, 1.807) is 0 Å². The summed E-state index contributed by atoms with van der Waals surface area (Å²) in [5.74, 6) is 0.428. The number of hydrogen-bond donors (Lipinski definition) is 1. The largest absolute Gasteiger partial charge is 0.251 e. The molecule has 1 aliphatic carbocycles. The van der Waals surface area contributed by atoms with Crippen LogP contribution in [0.1, 0.15) is 32.1 Å². The molecule has 1 saturated carbocycles. The highest BCUT2D eigenvalue weighted by atomic mass is 35.5. The Labute approximate surface area is 112 Å². The molecule has 18 heavy (non-hydrogen) atoms. The Morgan fingerprint density at radius 1 is 1.33 bits per heavy atom. The second-order valence-corrected chi connectivity index (χ2v) is 6.74. The number of nitrogens with one attached hydrogen (secondary N) is 1. The molecule has 0 bridgehead atoms. The van der Waals surface area contributed by atoms with E-state index in [1.165, 1.54) is 18.7 Å². The van der Waals surface area contributed by atoms with Crippen LogP contribution >= 0.6 is 11.6 Å². The predicted molar refractivity (Wildman–Crippen MR) is 71.0 cm³/mol. The molecule has 1 aromatic rings. The fourth-order valence-electron chi connectivity index (χ4n) is 2.23. The number of aromatic nitrogens is 2. The van der Waals surface area contributed by atoms with Gasteiger partial charge in [-0.1, -0.05) is 30.9 Å². The topological polar surface area (TPSA) is 72.0 Å². The SMILES string of the molecule is O=S(=O)(CC1CCCCC1)Nc1nccc(Cl)n1. The third-order valence-electron chi connectivity index (χ3n) is 3.05. The maximum Gasteiger partial charge on any atom is 0.237 e. The lowest BCUT2D eigenvalue weighted by Crippen LogP contribution is -2.25. The number of hydrogen-bond acceptors (Lipinski definition) is 4. The maximum atomic E-state index is 11.9. The third-order valence-corrected chi connectivity index (χ3v) is 4.66. The summed E-state index contributed by atoms with van der Waals surface area (Å²) in [5, 5.41) is 0.223. The summed E-state index contributed by atoms with van der Waals surface area (Å²) in [6.07, 6.45) is 6.84. The maximum absolute atomic E-state index is 11.9. The number of halogens is 1. The molecule has 1 aliphatic rings. The van der Waals surface area contributed by atoms with E-state index in [1.807, 2.05) is 0 Å².